The number of hydrogen-bond acceptors (Lipinski definition) is 4. The lowest BCUT2D eigenvalue weighted by Gasteiger charge is -2.38. The van der Waals surface area contributed by atoms with E-state index < -0.39 is 12.4 Å². The summed E-state index contributed by atoms with van der Waals surface area (Å²) >= 11 is 0. The first-order chi connectivity index (χ1) is 6.52. The molecule has 0 aromatic heterocycles. The largest absolute Gasteiger partial charge is 0.386 e. The summed E-state index contributed by atoms with van der Waals surface area (Å²) in [5.74, 6) is 0. The smallest absolute Gasteiger partial charge is 0.182 e. The topological polar surface area (TPSA) is 52.9 Å². The average molecular weight is 205 g/mol. The van der Waals surface area contributed by atoms with E-state index in [0.717, 1.165) is 6.42 Å². The third-order valence-electron chi connectivity index (χ3n) is 2.29. The van der Waals surface area contributed by atoms with Gasteiger partial charge in [-0.2, -0.15) is 0 Å². The molecule has 0 radical (unpaired) electrons. The molecule has 4 atom stereocenters. The van der Waals surface area contributed by atoms with Gasteiger partial charge in [-0.05, 0) is 27.4 Å². The number of aliphatic hydroxyl groups excluding tert-OH is 2. The molecule has 1 aliphatic heterocycles. The van der Waals surface area contributed by atoms with Crippen LogP contribution in [-0.2, 0) is 4.74 Å². The van der Waals surface area contributed by atoms with Gasteiger partial charge in [0, 0.05) is 6.04 Å². The van der Waals surface area contributed by atoms with Crippen LogP contribution in [0.1, 0.15) is 27.2 Å². The zero-order chi connectivity index (χ0) is 11.3. The summed E-state index contributed by atoms with van der Waals surface area (Å²) in [6.07, 6.45) is -1.07. The van der Waals surface area contributed by atoms with Crippen molar-refractivity contribution in [1.29, 1.82) is 0 Å². The van der Waals surface area contributed by atoms with E-state index >= 15 is 0 Å². The SMILES string of the molecule is CC.CC1C[C@H](N(C)C)[C@@H](O)[C@H](O)O1. The van der Waals surface area contributed by atoms with E-state index in [1.54, 1.807) is 0 Å². The highest BCUT2D eigenvalue weighted by Gasteiger charge is 2.35. The maximum atomic E-state index is 9.51. The van der Waals surface area contributed by atoms with Gasteiger partial charge >= 0.3 is 0 Å². The average Bonchev–Trinajstić information content (AvgIpc) is 2.14. The predicted molar refractivity (Wildman–Crippen MR) is 56.0 cm³/mol. The van der Waals surface area contributed by atoms with Gasteiger partial charge in [0.25, 0.3) is 0 Å². The van der Waals surface area contributed by atoms with Gasteiger partial charge < -0.3 is 19.8 Å². The number of ether oxygens (including phenoxy) is 1. The van der Waals surface area contributed by atoms with Crippen molar-refractivity contribution in [2.45, 2.75) is 51.7 Å². The molecule has 0 aliphatic carbocycles. The Labute approximate surface area is 86.5 Å². The van der Waals surface area contributed by atoms with Crippen molar-refractivity contribution >= 4 is 0 Å². The monoisotopic (exact) mass is 205 g/mol. The fourth-order valence-corrected chi connectivity index (χ4v) is 1.56. The van der Waals surface area contributed by atoms with E-state index in [9.17, 15) is 10.2 Å². The molecule has 14 heavy (non-hydrogen) atoms. The molecule has 1 rings (SSSR count). The van der Waals surface area contributed by atoms with E-state index in [0.29, 0.717) is 0 Å². The third-order valence-corrected chi connectivity index (χ3v) is 2.29. The molecular weight excluding hydrogens is 182 g/mol. The Morgan fingerprint density at radius 3 is 2.14 bits per heavy atom. The Morgan fingerprint density at radius 2 is 1.71 bits per heavy atom. The molecule has 0 amide bonds. The summed E-state index contributed by atoms with van der Waals surface area (Å²) < 4.78 is 5.06. The molecular formula is C10H23NO3. The van der Waals surface area contributed by atoms with Gasteiger partial charge in [-0.25, -0.2) is 0 Å². The van der Waals surface area contributed by atoms with Crippen LogP contribution in [-0.4, -0.2) is 53.7 Å². The maximum absolute atomic E-state index is 9.51. The van der Waals surface area contributed by atoms with Crippen LogP contribution in [0.25, 0.3) is 0 Å². The minimum absolute atomic E-state index is 0.01000. The van der Waals surface area contributed by atoms with Gasteiger partial charge in [-0.3, -0.25) is 0 Å². The quantitative estimate of drug-likeness (QED) is 0.652. The number of nitrogens with zero attached hydrogens (tertiary/aromatic N) is 1. The van der Waals surface area contributed by atoms with Crippen LogP contribution in [0, 0.1) is 0 Å². The van der Waals surface area contributed by atoms with Crippen LogP contribution in [0.5, 0.6) is 0 Å². The van der Waals surface area contributed by atoms with Crippen molar-refractivity contribution in [2.24, 2.45) is 0 Å². The second kappa shape index (κ2) is 6.35. The van der Waals surface area contributed by atoms with Crippen molar-refractivity contribution < 1.29 is 14.9 Å². The first-order valence-electron chi connectivity index (χ1n) is 5.20. The molecule has 86 valence electrons. The van der Waals surface area contributed by atoms with Gasteiger partial charge in [0.05, 0.1) is 6.10 Å². The Bertz CT molecular complexity index is 152. The Kier molecular flexibility index (Phi) is 6.27. The van der Waals surface area contributed by atoms with E-state index in [4.69, 9.17) is 4.74 Å². The summed E-state index contributed by atoms with van der Waals surface area (Å²) in [6, 6.07) is -0.0104. The maximum Gasteiger partial charge on any atom is 0.182 e. The lowest BCUT2D eigenvalue weighted by Crippen LogP contribution is -2.53. The fraction of sp³-hybridized carbons (Fsp3) is 1.00. The molecule has 2 N–H and O–H groups in total. The zero-order valence-corrected chi connectivity index (χ0v) is 9.77. The van der Waals surface area contributed by atoms with Gasteiger partial charge in [0.15, 0.2) is 6.29 Å². The lowest BCUT2D eigenvalue weighted by atomic mass is 9.99. The first kappa shape index (κ1) is 13.8. The van der Waals surface area contributed by atoms with E-state index in [-0.39, 0.29) is 12.1 Å². The van der Waals surface area contributed by atoms with Crippen molar-refractivity contribution in [3.05, 3.63) is 0 Å². The van der Waals surface area contributed by atoms with Gasteiger partial charge in [-0.1, -0.05) is 13.8 Å². The summed E-state index contributed by atoms with van der Waals surface area (Å²) in [6.45, 7) is 5.89. The second-order valence-electron chi connectivity index (χ2n) is 3.59. The minimum Gasteiger partial charge on any atom is -0.386 e. The fourth-order valence-electron chi connectivity index (χ4n) is 1.56. The molecule has 1 aliphatic rings. The highest BCUT2D eigenvalue weighted by molar-refractivity contribution is 4.84. The van der Waals surface area contributed by atoms with Crippen LogP contribution < -0.4 is 0 Å². The van der Waals surface area contributed by atoms with Gasteiger partial charge in [0.2, 0.25) is 0 Å². The molecule has 4 nitrogen and oxygen atoms in total. The van der Waals surface area contributed by atoms with E-state index in [1.807, 2.05) is 39.8 Å². The molecule has 1 saturated heterocycles. The van der Waals surface area contributed by atoms with E-state index in [2.05, 4.69) is 0 Å². The van der Waals surface area contributed by atoms with Crippen molar-refractivity contribution in [2.75, 3.05) is 14.1 Å². The van der Waals surface area contributed by atoms with Crippen molar-refractivity contribution in [1.82, 2.24) is 4.90 Å². The Hall–Kier alpha value is -0.160. The van der Waals surface area contributed by atoms with Crippen LogP contribution in [0.15, 0.2) is 0 Å². The Morgan fingerprint density at radius 1 is 1.21 bits per heavy atom. The highest BCUT2D eigenvalue weighted by atomic mass is 16.6. The molecule has 1 unspecified atom stereocenters. The lowest BCUT2D eigenvalue weighted by molar-refractivity contribution is -0.230. The van der Waals surface area contributed by atoms with Crippen LogP contribution in [0.2, 0.25) is 0 Å². The van der Waals surface area contributed by atoms with Crippen LogP contribution in [0.4, 0.5) is 0 Å². The van der Waals surface area contributed by atoms with Crippen LogP contribution >= 0.6 is 0 Å². The second-order valence-corrected chi connectivity index (χ2v) is 3.59. The van der Waals surface area contributed by atoms with Gasteiger partial charge in [0.1, 0.15) is 6.10 Å². The number of likely N-dealkylation sites (N-methyl/N-ethyl adjacent to an activating group) is 1. The predicted octanol–water partition coefficient (Wildman–Crippen LogP) is 0.431. The molecule has 1 heterocycles. The van der Waals surface area contributed by atoms with E-state index in [1.165, 1.54) is 0 Å². The molecule has 0 spiro atoms. The molecule has 4 heteroatoms. The number of hydrogen-bond donors (Lipinski definition) is 2. The molecule has 0 saturated carbocycles. The van der Waals surface area contributed by atoms with Crippen molar-refractivity contribution in [3.63, 3.8) is 0 Å². The van der Waals surface area contributed by atoms with Crippen molar-refractivity contribution in [3.8, 4) is 0 Å². The van der Waals surface area contributed by atoms with Crippen LogP contribution in [0.3, 0.4) is 0 Å². The Balaban J connectivity index is 0.000000791. The third kappa shape index (κ3) is 3.53. The summed E-state index contributed by atoms with van der Waals surface area (Å²) in [5.41, 5.74) is 0. The number of aliphatic hydroxyl groups is 2. The normalized spacial score (nSPS) is 37.7. The minimum atomic E-state index is -1.04. The highest BCUT2D eigenvalue weighted by Crippen LogP contribution is 2.21. The standard InChI is InChI=1S/C8H17NO3.C2H6/c1-5-4-6(9(2)3)7(10)8(11)12-5;1-2/h5-8,10-11H,4H2,1-3H3;1-2H3/t5?,6-,7+,8+;/m0./s1. The number of rotatable bonds is 1. The van der Waals surface area contributed by atoms with Gasteiger partial charge in [-0.15, -0.1) is 0 Å². The first-order valence-corrected chi connectivity index (χ1v) is 5.20. The summed E-state index contributed by atoms with van der Waals surface area (Å²) in [4.78, 5) is 1.91. The molecule has 0 aromatic rings. The summed E-state index contributed by atoms with van der Waals surface area (Å²) in [5, 5.41) is 18.8. The summed E-state index contributed by atoms with van der Waals surface area (Å²) in [7, 11) is 3.78. The molecule has 0 bridgehead atoms. The molecule has 0 aromatic carbocycles. The molecule has 1 fully saturated rings. The zero-order valence-electron chi connectivity index (χ0n) is 9.77.